The van der Waals surface area contributed by atoms with Gasteiger partial charge in [0.05, 0.1) is 30.0 Å². The van der Waals surface area contributed by atoms with Gasteiger partial charge in [-0.1, -0.05) is 38.8 Å². The molecule has 1 aromatic heterocycles. The topological polar surface area (TPSA) is 77.8 Å². The second kappa shape index (κ2) is 14.2. The van der Waals surface area contributed by atoms with Crippen molar-refractivity contribution >= 4 is 17.8 Å². The standard InChI is InChI=1S/C34H42N2O5/c1-5-7-19-40-33(38)28-12-9-11-26(21-28)29-13-10-18-35(23-29)32(37)27-16-17-30(34(39)41-20-8-6-2)31(22-27)36-24(3)14-15-25(36)4/h9,11-12,14-17,21-22,29H,5-8,10,13,18-20,23H2,1-4H3. The summed E-state index contributed by atoms with van der Waals surface area (Å²) in [7, 11) is 0. The lowest BCUT2D eigenvalue weighted by atomic mass is 9.89. The molecule has 2 heterocycles. The SMILES string of the molecule is CCCCOC(=O)c1cccc(C2CCCN(C(=O)c3ccc(C(=O)OCCCC)c(-n4c(C)ccc4C)c3)C2)c1. The third kappa shape index (κ3) is 7.26. The molecule has 0 radical (unpaired) electrons. The van der Waals surface area contributed by atoms with Crippen molar-refractivity contribution in [2.75, 3.05) is 26.3 Å². The molecule has 0 N–H and O–H groups in total. The molecule has 0 bridgehead atoms. The highest BCUT2D eigenvalue weighted by Gasteiger charge is 2.27. The maximum absolute atomic E-state index is 13.8. The van der Waals surface area contributed by atoms with Crippen LogP contribution < -0.4 is 0 Å². The van der Waals surface area contributed by atoms with E-state index < -0.39 is 0 Å². The number of nitrogens with zero attached hydrogens (tertiary/aromatic N) is 2. The van der Waals surface area contributed by atoms with Gasteiger partial charge in [0, 0.05) is 36.0 Å². The lowest BCUT2D eigenvalue weighted by Gasteiger charge is -2.33. The number of amides is 1. The molecule has 3 aromatic rings. The Morgan fingerprint density at radius 3 is 2.20 bits per heavy atom. The molecule has 1 unspecified atom stereocenters. The second-order valence-electron chi connectivity index (χ2n) is 10.9. The van der Waals surface area contributed by atoms with Crippen molar-refractivity contribution in [1.29, 1.82) is 0 Å². The van der Waals surface area contributed by atoms with Crippen LogP contribution in [0.5, 0.6) is 0 Å². The number of carbonyl (C=O) groups excluding carboxylic acids is 3. The van der Waals surface area contributed by atoms with Gasteiger partial charge in [0.15, 0.2) is 0 Å². The molecule has 1 saturated heterocycles. The zero-order valence-corrected chi connectivity index (χ0v) is 24.8. The van der Waals surface area contributed by atoms with Crippen LogP contribution in [0.25, 0.3) is 5.69 Å². The highest BCUT2D eigenvalue weighted by molar-refractivity contribution is 5.99. The van der Waals surface area contributed by atoms with Crippen LogP contribution in [0.1, 0.15) is 106 Å². The molecule has 41 heavy (non-hydrogen) atoms. The van der Waals surface area contributed by atoms with Crippen LogP contribution >= 0.6 is 0 Å². The van der Waals surface area contributed by atoms with Crippen LogP contribution in [0.4, 0.5) is 0 Å². The summed E-state index contributed by atoms with van der Waals surface area (Å²) in [5, 5.41) is 0. The number of aryl methyl sites for hydroxylation is 2. The van der Waals surface area contributed by atoms with Crippen LogP contribution in [0, 0.1) is 13.8 Å². The van der Waals surface area contributed by atoms with Gasteiger partial charge in [-0.2, -0.15) is 0 Å². The number of esters is 2. The summed E-state index contributed by atoms with van der Waals surface area (Å²) < 4.78 is 12.9. The smallest absolute Gasteiger partial charge is 0.340 e. The Kier molecular flexibility index (Phi) is 10.4. The van der Waals surface area contributed by atoms with Crippen molar-refractivity contribution < 1.29 is 23.9 Å². The van der Waals surface area contributed by atoms with Gasteiger partial charge in [-0.15, -0.1) is 0 Å². The fourth-order valence-corrected chi connectivity index (χ4v) is 5.39. The number of piperidine rings is 1. The summed E-state index contributed by atoms with van der Waals surface area (Å²) in [6.07, 6.45) is 5.36. The van der Waals surface area contributed by atoms with Gasteiger partial charge in [0.1, 0.15) is 0 Å². The van der Waals surface area contributed by atoms with Gasteiger partial charge in [0.2, 0.25) is 0 Å². The first-order valence-electron chi connectivity index (χ1n) is 14.9. The minimum Gasteiger partial charge on any atom is -0.462 e. The predicted molar refractivity (Wildman–Crippen MR) is 160 cm³/mol. The molecule has 4 rings (SSSR count). The molecule has 7 nitrogen and oxygen atoms in total. The molecule has 0 spiro atoms. The Labute approximate surface area is 243 Å². The quantitative estimate of drug-likeness (QED) is 0.187. The number of likely N-dealkylation sites (tertiary alicyclic amines) is 1. The number of hydrogen-bond donors (Lipinski definition) is 0. The highest BCUT2D eigenvalue weighted by Crippen LogP contribution is 2.30. The summed E-state index contributed by atoms with van der Waals surface area (Å²) in [5.41, 5.74) is 5.16. The zero-order valence-electron chi connectivity index (χ0n) is 24.8. The number of benzene rings is 2. The minimum absolute atomic E-state index is 0.0700. The first kappa shape index (κ1) is 30.1. The lowest BCUT2D eigenvalue weighted by Crippen LogP contribution is -2.39. The van der Waals surface area contributed by atoms with Crippen molar-refractivity contribution in [3.05, 3.63) is 88.2 Å². The predicted octanol–water partition coefficient (Wildman–Crippen LogP) is 7.03. The number of rotatable bonds is 11. The van der Waals surface area contributed by atoms with E-state index in [9.17, 15) is 14.4 Å². The third-order valence-electron chi connectivity index (χ3n) is 7.74. The molecule has 1 amide bonds. The molecular weight excluding hydrogens is 516 g/mol. The van der Waals surface area contributed by atoms with Crippen LogP contribution in [0.2, 0.25) is 0 Å². The van der Waals surface area contributed by atoms with Crippen molar-refractivity contribution in [3.8, 4) is 5.69 Å². The Morgan fingerprint density at radius 1 is 0.829 bits per heavy atom. The molecule has 2 aromatic carbocycles. The Hall–Kier alpha value is -3.87. The molecule has 218 valence electrons. The van der Waals surface area contributed by atoms with Gasteiger partial charge < -0.3 is 18.9 Å². The summed E-state index contributed by atoms with van der Waals surface area (Å²) in [6.45, 7) is 10.1. The summed E-state index contributed by atoms with van der Waals surface area (Å²) in [6, 6.07) is 16.9. The fourth-order valence-electron chi connectivity index (χ4n) is 5.39. The summed E-state index contributed by atoms with van der Waals surface area (Å²) >= 11 is 0. The van der Waals surface area contributed by atoms with Crippen LogP contribution in [0.15, 0.2) is 54.6 Å². The molecule has 7 heteroatoms. The van der Waals surface area contributed by atoms with E-state index in [2.05, 4.69) is 13.8 Å². The fraction of sp³-hybridized carbons (Fsp3) is 0.441. The van der Waals surface area contributed by atoms with Gasteiger partial charge >= 0.3 is 11.9 Å². The van der Waals surface area contributed by atoms with Crippen LogP contribution in [0.3, 0.4) is 0 Å². The van der Waals surface area contributed by atoms with E-state index in [0.717, 1.165) is 55.5 Å². The van der Waals surface area contributed by atoms with Crippen molar-refractivity contribution in [2.45, 2.75) is 72.1 Å². The summed E-state index contributed by atoms with van der Waals surface area (Å²) in [4.78, 5) is 41.2. The molecular formula is C34H42N2O5. The highest BCUT2D eigenvalue weighted by atomic mass is 16.5. The number of unbranched alkanes of at least 4 members (excludes halogenated alkanes) is 2. The monoisotopic (exact) mass is 558 g/mol. The van der Waals surface area contributed by atoms with E-state index in [1.807, 2.05) is 59.7 Å². The molecule has 0 saturated carbocycles. The Morgan fingerprint density at radius 2 is 1.51 bits per heavy atom. The van der Waals surface area contributed by atoms with Gasteiger partial charge in [0.25, 0.3) is 5.91 Å². The average Bonchev–Trinajstić information content (AvgIpc) is 3.33. The van der Waals surface area contributed by atoms with Crippen molar-refractivity contribution in [1.82, 2.24) is 9.47 Å². The minimum atomic E-state index is -0.383. The molecule has 1 aliphatic heterocycles. The zero-order chi connectivity index (χ0) is 29.4. The summed E-state index contributed by atoms with van der Waals surface area (Å²) in [5.74, 6) is -0.636. The van der Waals surface area contributed by atoms with Gasteiger partial charge in [-0.05, 0) is 87.6 Å². The number of hydrogen-bond acceptors (Lipinski definition) is 5. The number of ether oxygens (including phenoxy) is 2. The normalized spacial score (nSPS) is 15.0. The van der Waals surface area contributed by atoms with Crippen molar-refractivity contribution in [2.24, 2.45) is 0 Å². The van der Waals surface area contributed by atoms with E-state index in [0.29, 0.717) is 48.7 Å². The van der Waals surface area contributed by atoms with E-state index >= 15 is 0 Å². The number of aromatic nitrogens is 1. The maximum Gasteiger partial charge on any atom is 0.340 e. The Bertz CT molecular complexity index is 1360. The van der Waals surface area contributed by atoms with Gasteiger partial charge in [-0.25, -0.2) is 9.59 Å². The van der Waals surface area contributed by atoms with E-state index in [-0.39, 0.29) is 23.8 Å². The molecule has 1 atom stereocenters. The first-order chi connectivity index (χ1) is 19.8. The molecule has 1 fully saturated rings. The van der Waals surface area contributed by atoms with Crippen molar-refractivity contribution in [3.63, 3.8) is 0 Å². The number of carbonyl (C=O) groups is 3. The molecule has 1 aliphatic rings. The van der Waals surface area contributed by atoms with E-state index in [4.69, 9.17) is 9.47 Å². The van der Waals surface area contributed by atoms with E-state index in [1.165, 1.54) is 0 Å². The third-order valence-corrected chi connectivity index (χ3v) is 7.74. The molecule has 0 aliphatic carbocycles. The van der Waals surface area contributed by atoms with Gasteiger partial charge in [-0.3, -0.25) is 4.79 Å². The largest absolute Gasteiger partial charge is 0.462 e. The average molecular weight is 559 g/mol. The second-order valence-corrected chi connectivity index (χ2v) is 10.9. The maximum atomic E-state index is 13.8. The van der Waals surface area contributed by atoms with Crippen LogP contribution in [-0.4, -0.2) is 53.6 Å². The van der Waals surface area contributed by atoms with Crippen LogP contribution in [-0.2, 0) is 9.47 Å². The van der Waals surface area contributed by atoms with E-state index in [1.54, 1.807) is 18.2 Å². The Balaban J connectivity index is 1.56. The first-order valence-corrected chi connectivity index (χ1v) is 14.9. The lowest BCUT2D eigenvalue weighted by molar-refractivity contribution is 0.0490.